The molecule has 0 fully saturated rings. The first-order valence-corrected chi connectivity index (χ1v) is 26.2. The van der Waals surface area contributed by atoms with Gasteiger partial charge in [-0.05, 0) is 89.9 Å². The number of unbranched alkanes of at least 4 members (excludes halogenated alkanes) is 19. The van der Waals surface area contributed by atoms with Crippen LogP contribution in [0.4, 0.5) is 0 Å². The summed E-state index contributed by atoms with van der Waals surface area (Å²) in [5.74, 6) is -0.969. The molecule has 1 unspecified atom stereocenters. The number of hydrogen-bond donors (Lipinski definition) is 0. The first-order chi connectivity index (χ1) is 31.5. The zero-order chi connectivity index (χ0) is 46.5. The molecule has 0 saturated heterocycles. The van der Waals surface area contributed by atoms with Crippen LogP contribution in [-0.4, -0.2) is 37.2 Å². The minimum absolute atomic E-state index is 0.101. The van der Waals surface area contributed by atoms with E-state index in [2.05, 4.69) is 118 Å². The first kappa shape index (κ1) is 60.3. The predicted molar refractivity (Wildman–Crippen MR) is 274 cm³/mol. The van der Waals surface area contributed by atoms with E-state index in [0.29, 0.717) is 19.3 Å². The van der Waals surface area contributed by atoms with Crippen molar-refractivity contribution in [1.82, 2.24) is 0 Å². The number of allylic oxidation sites excluding steroid dienone is 16. The van der Waals surface area contributed by atoms with Crippen molar-refractivity contribution in [2.45, 2.75) is 239 Å². The SMILES string of the molecule is CC/C=C\C/C=C\C/C=C\C/C=C\C/C=C\CCCC(=O)OC(COC(=O)CCCCCCCCCCCC)COC(=O)CCCCCCCCCCC/C=C\C/C=C\C/C=C\CC. The van der Waals surface area contributed by atoms with Crippen LogP contribution in [-0.2, 0) is 28.6 Å². The number of esters is 3. The highest BCUT2D eigenvalue weighted by molar-refractivity contribution is 5.71. The van der Waals surface area contributed by atoms with Crippen molar-refractivity contribution in [2.75, 3.05) is 13.2 Å². The Bertz CT molecular complexity index is 1300. The molecule has 64 heavy (non-hydrogen) atoms. The zero-order valence-corrected chi connectivity index (χ0v) is 41.5. The third-order valence-electron chi connectivity index (χ3n) is 10.8. The lowest BCUT2D eigenvalue weighted by Gasteiger charge is -2.18. The smallest absolute Gasteiger partial charge is 0.306 e. The van der Waals surface area contributed by atoms with Gasteiger partial charge in [0.2, 0.25) is 0 Å². The van der Waals surface area contributed by atoms with Gasteiger partial charge in [0.1, 0.15) is 13.2 Å². The second kappa shape index (κ2) is 52.0. The molecule has 6 nitrogen and oxygen atoms in total. The number of hydrogen-bond acceptors (Lipinski definition) is 6. The van der Waals surface area contributed by atoms with Crippen LogP contribution in [0.25, 0.3) is 0 Å². The van der Waals surface area contributed by atoms with Crippen molar-refractivity contribution in [3.8, 4) is 0 Å². The van der Waals surface area contributed by atoms with Crippen LogP contribution in [0.5, 0.6) is 0 Å². The van der Waals surface area contributed by atoms with Gasteiger partial charge in [-0.15, -0.1) is 0 Å². The van der Waals surface area contributed by atoms with Gasteiger partial charge in [-0.25, -0.2) is 0 Å². The molecule has 1 atom stereocenters. The van der Waals surface area contributed by atoms with E-state index in [1.807, 2.05) is 0 Å². The molecule has 0 bridgehead atoms. The van der Waals surface area contributed by atoms with Crippen molar-refractivity contribution in [3.63, 3.8) is 0 Å². The molecule has 0 spiro atoms. The van der Waals surface area contributed by atoms with Crippen LogP contribution in [0, 0.1) is 0 Å². The summed E-state index contributed by atoms with van der Waals surface area (Å²) in [4.78, 5) is 37.9. The summed E-state index contributed by atoms with van der Waals surface area (Å²) in [5.41, 5.74) is 0. The van der Waals surface area contributed by atoms with E-state index in [1.165, 1.54) is 89.9 Å². The zero-order valence-electron chi connectivity index (χ0n) is 41.5. The van der Waals surface area contributed by atoms with Crippen molar-refractivity contribution >= 4 is 17.9 Å². The Hall–Kier alpha value is -3.67. The Morgan fingerprint density at radius 3 is 1.00 bits per heavy atom. The summed E-state index contributed by atoms with van der Waals surface area (Å²) in [5, 5.41) is 0. The van der Waals surface area contributed by atoms with Gasteiger partial charge in [-0.3, -0.25) is 14.4 Å². The first-order valence-electron chi connectivity index (χ1n) is 26.2. The van der Waals surface area contributed by atoms with E-state index >= 15 is 0 Å². The molecule has 0 rings (SSSR count). The Labute approximate surface area is 394 Å². The van der Waals surface area contributed by atoms with Gasteiger partial charge < -0.3 is 14.2 Å². The molecule has 0 heterocycles. The molecule has 6 heteroatoms. The van der Waals surface area contributed by atoms with Crippen LogP contribution >= 0.6 is 0 Å². The molecule has 0 N–H and O–H groups in total. The number of ether oxygens (including phenoxy) is 3. The van der Waals surface area contributed by atoms with Crippen LogP contribution in [0.2, 0.25) is 0 Å². The molecular formula is C58H96O6. The van der Waals surface area contributed by atoms with Gasteiger partial charge in [0.25, 0.3) is 0 Å². The van der Waals surface area contributed by atoms with Gasteiger partial charge in [0.15, 0.2) is 6.10 Å². The van der Waals surface area contributed by atoms with Gasteiger partial charge in [-0.1, -0.05) is 221 Å². The maximum absolute atomic E-state index is 12.8. The summed E-state index contributed by atoms with van der Waals surface area (Å²) in [6.07, 6.45) is 68.3. The average molecular weight is 889 g/mol. The van der Waals surface area contributed by atoms with Crippen molar-refractivity contribution < 1.29 is 28.6 Å². The Morgan fingerprint density at radius 2 is 0.625 bits per heavy atom. The van der Waals surface area contributed by atoms with Gasteiger partial charge >= 0.3 is 17.9 Å². The van der Waals surface area contributed by atoms with Crippen molar-refractivity contribution in [2.24, 2.45) is 0 Å². The van der Waals surface area contributed by atoms with E-state index < -0.39 is 6.10 Å². The molecule has 0 radical (unpaired) electrons. The molecule has 0 amide bonds. The maximum atomic E-state index is 12.8. The molecule has 0 aromatic carbocycles. The minimum Gasteiger partial charge on any atom is -0.462 e. The van der Waals surface area contributed by atoms with Crippen LogP contribution in [0.15, 0.2) is 97.2 Å². The second-order valence-electron chi connectivity index (χ2n) is 17.0. The molecule has 0 aromatic rings. The largest absolute Gasteiger partial charge is 0.462 e. The van der Waals surface area contributed by atoms with Gasteiger partial charge in [-0.2, -0.15) is 0 Å². The summed E-state index contributed by atoms with van der Waals surface area (Å²) in [7, 11) is 0. The molecule has 0 aliphatic heterocycles. The van der Waals surface area contributed by atoms with E-state index in [0.717, 1.165) is 96.3 Å². The average Bonchev–Trinajstić information content (AvgIpc) is 3.29. The van der Waals surface area contributed by atoms with Crippen LogP contribution in [0.1, 0.15) is 233 Å². The van der Waals surface area contributed by atoms with E-state index in [1.54, 1.807) is 0 Å². The lowest BCUT2D eigenvalue weighted by molar-refractivity contribution is -0.167. The monoisotopic (exact) mass is 889 g/mol. The number of rotatable bonds is 46. The van der Waals surface area contributed by atoms with Crippen LogP contribution in [0.3, 0.4) is 0 Å². The highest BCUT2D eigenvalue weighted by Crippen LogP contribution is 2.14. The van der Waals surface area contributed by atoms with E-state index in [9.17, 15) is 14.4 Å². The normalized spacial score (nSPS) is 12.9. The fraction of sp³-hybridized carbons (Fsp3) is 0.672. The molecule has 0 saturated carbocycles. The van der Waals surface area contributed by atoms with Crippen molar-refractivity contribution in [1.29, 1.82) is 0 Å². The topological polar surface area (TPSA) is 78.9 Å². The fourth-order valence-electron chi connectivity index (χ4n) is 6.96. The quantitative estimate of drug-likeness (QED) is 0.0262. The van der Waals surface area contributed by atoms with E-state index in [-0.39, 0.29) is 37.5 Å². The number of carbonyl (C=O) groups is 3. The Balaban J connectivity index is 4.43. The fourth-order valence-corrected chi connectivity index (χ4v) is 6.96. The summed E-state index contributed by atoms with van der Waals surface area (Å²) in [6, 6.07) is 0. The molecule has 0 aliphatic carbocycles. The molecule has 364 valence electrons. The predicted octanol–water partition coefficient (Wildman–Crippen LogP) is 17.4. The highest BCUT2D eigenvalue weighted by Gasteiger charge is 2.19. The summed E-state index contributed by atoms with van der Waals surface area (Å²) < 4.78 is 16.7. The third-order valence-corrected chi connectivity index (χ3v) is 10.8. The maximum Gasteiger partial charge on any atom is 0.306 e. The lowest BCUT2D eigenvalue weighted by atomic mass is 10.1. The van der Waals surface area contributed by atoms with Gasteiger partial charge in [0, 0.05) is 19.3 Å². The summed E-state index contributed by atoms with van der Waals surface area (Å²) >= 11 is 0. The summed E-state index contributed by atoms with van der Waals surface area (Å²) in [6.45, 7) is 6.35. The highest BCUT2D eigenvalue weighted by atomic mass is 16.6. The Morgan fingerprint density at radius 1 is 0.328 bits per heavy atom. The van der Waals surface area contributed by atoms with Crippen molar-refractivity contribution in [3.05, 3.63) is 97.2 Å². The van der Waals surface area contributed by atoms with E-state index in [4.69, 9.17) is 14.2 Å². The second-order valence-corrected chi connectivity index (χ2v) is 17.0. The third kappa shape index (κ3) is 49.3. The molecule has 0 aromatic heterocycles. The molecule has 0 aliphatic rings. The molecular weight excluding hydrogens is 793 g/mol. The van der Waals surface area contributed by atoms with Crippen LogP contribution < -0.4 is 0 Å². The van der Waals surface area contributed by atoms with Gasteiger partial charge in [0.05, 0.1) is 0 Å². The lowest BCUT2D eigenvalue weighted by Crippen LogP contribution is -2.30. The Kier molecular flexibility index (Phi) is 49.0. The minimum atomic E-state index is -0.807. The number of carbonyl (C=O) groups excluding carboxylic acids is 3. The standard InChI is InChI=1S/C58H96O6/c1-4-7-10-13-16-19-22-24-26-28-29-31-32-34-36-39-42-45-48-51-57(60)63-54-55(53-62-56(59)50-47-44-41-38-21-18-15-12-9-6-3)64-58(61)52-49-46-43-40-37-35-33-30-27-25-23-20-17-14-11-8-5-2/h7-8,10-11,16-17,19-20,24-27,33,35,40,43,55H,4-6,9,12-15,18,21-23,28-32,34,36-39,41-42,44-54H2,1-3H3/b10-7-,11-8-,19-16-,20-17-,26-24-,27-25-,35-33-,43-40-.